The molecule has 5 nitrogen and oxygen atoms in total. The van der Waals surface area contributed by atoms with E-state index in [4.69, 9.17) is 18.9 Å². The first-order valence-corrected chi connectivity index (χ1v) is 7.95. The van der Waals surface area contributed by atoms with Gasteiger partial charge >= 0.3 is 5.97 Å². The van der Waals surface area contributed by atoms with E-state index >= 15 is 0 Å². The summed E-state index contributed by atoms with van der Waals surface area (Å²) in [6.45, 7) is 7.05. The molecule has 0 saturated carbocycles. The van der Waals surface area contributed by atoms with E-state index in [1.54, 1.807) is 13.0 Å². The van der Waals surface area contributed by atoms with Gasteiger partial charge in [0.1, 0.15) is 11.9 Å². The standard InChI is InChI=1S/C18H22O5/c1-4-20-17(19)10-12-7-8-21-15-6-5-13(9-14(12)15)16-11-22-18(2,3)23-16/h5-6,9-10,16H,4,7-8,11H2,1-3H3/b12-10+. The minimum Gasteiger partial charge on any atom is -0.493 e. The lowest BCUT2D eigenvalue weighted by Gasteiger charge is -2.22. The zero-order chi connectivity index (χ0) is 16.4. The van der Waals surface area contributed by atoms with Crippen molar-refractivity contribution in [2.75, 3.05) is 19.8 Å². The molecule has 0 aromatic heterocycles. The van der Waals surface area contributed by atoms with Gasteiger partial charge in [-0.15, -0.1) is 0 Å². The summed E-state index contributed by atoms with van der Waals surface area (Å²) in [6.07, 6.45) is 2.13. The molecule has 0 aliphatic carbocycles. The van der Waals surface area contributed by atoms with Crippen molar-refractivity contribution in [3.63, 3.8) is 0 Å². The Morgan fingerprint density at radius 2 is 2.26 bits per heavy atom. The molecule has 0 spiro atoms. The van der Waals surface area contributed by atoms with E-state index < -0.39 is 5.79 Å². The monoisotopic (exact) mass is 318 g/mol. The number of ether oxygens (including phenoxy) is 4. The first-order valence-electron chi connectivity index (χ1n) is 7.95. The van der Waals surface area contributed by atoms with Crippen LogP contribution in [-0.4, -0.2) is 31.6 Å². The molecule has 1 atom stereocenters. The minimum atomic E-state index is -0.569. The lowest BCUT2D eigenvalue weighted by molar-refractivity contribution is -0.139. The smallest absolute Gasteiger partial charge is 0.331 e. The lowest BCUT2D eigenvalue weighted by atomic mass is 9.96. The van der Waals surface area contributed by atoms with E-state index in [0.29, 0.717) is 26.2 Å². The number of benzene rings is 1. The molecule has 23 heavy (non-hydrogen) atoms. The molecule has 2 aliphatic rings. The number of hydrogen-bond donors (Lipinski definition) is 0. The number of hydrogen-bond acceptors (Lipinski definition) is 5. The van der Waals surface area contributed by atoms with E-state index in [-0.39, 0.29) is 12.1 Å². The molecular formula is C18H22O5. The average molecular weight is 318 g/mol. The molecule has 5 heteroatoms. The Hall–Kier alpha value is -1.85. The van der Waals surface area contributed by atoms with Crippen LogP contribution in [0.4, 0.5) is 0 Å². The van der Waals surface area contributed by atoms with Gasteiger partial charge in [0.25, 0.3) is 0 Å². The third-order valence-electron chi connectivity index (χ3n) is 3.94. The summed E-state index contributed by atoms with van der Waals surface area (Å²) in [5, 5.41) is 0. The first-order chi connectivity index (χ1) is 11.0. The van der Waals surface area contributed by atoms with Crippen molar-refractivity contribution in [1.82, 2.24) is 0 Å². The summed E-state index contributed by atoms with van der Waals surface area (Å²) >= 11 is 0. The molecule has 0 N–H and O–H groups in total. The fourth-order valence-electron chi connectivity index (χ4n) is 2.86. The van der Waals surface area contributed by atoms with Crippen LogP contribution < -0.4 is 4.74 Å². The molecule has 1 saturated heterocycles. The van der Waals surface area contributed by atoms with Crippen molar-refractivity contribution >= 4 is 11.5 Å². The van der Waals surface area contributed by atoms with Gasteiger partial charge in [0.2, 0.25) is 0 Å². The van der Waals surface area contributed by atoms with Crippen LogP contribution in [0.5, 0.6) is 5.75 Å². The van der Waals surface area contributed by atoms with Gasteiger partial charge in [-0.2, -0.15) is 0 Å². The molecule has 1 fully saturated rings. The predicted octanol–water partition coefficient (Wildman–Crippen LogP) is 3.24. The molecule has 2 heterocycles. The highest BCUT2D eigenvalue weighted by molar-refractivity contribution is 5.92. The van der Waals surface area contributed by atoms with Gasteiger partial charge in [0.05, 0.1) is 19.8 Å². The second kappa shape index (κ2) is 6.34. The Morgan fingerprint density at radius 1 is 1.43 bits per heavy atom. The summed E-state index contributed by atoms with van der Waals surface area (Å²) in [5.41, 5.74) is 2.88. The summed E-state index contributed by atoms with van der Waals surface area (Å²) in [6, 6.07) is 5.94. The quantitative estimate of drug-likeness (QED) is 0.632. The van der Waals surface area contributed by atoms with Gasteiger partial charge < -0.3 is 18.9 Å². The van der Waals surface area contributed by atoms with E-state index in [9.17, 15) is 4.79 Å². The normalized spacial score (nSPS) is 24.1. The fourth-order valence-corrected chi connectivity index (χ4v) is 2.86. The summed E-state index contributed by atoms with van der Waals surface area (Å²) in [4.78, 5) is 11.8. The van der Waals surface area contributed by atoms with Gasteiger partial charge in [-0.05, 0) is 44.0 Å². The number of esters is 1. The molecule has 0 radical (unpaired) electrons. The molecule has 1 aromatic rings. The number of fused-ring (bicyclic) bond motifs is 1. The highest BCUT2D eigenvalue weighted by Crippen LogP contribution is 2.38. The van der Waals surface area contributed by atoms with Crippen LogP contribution in [0.3, 0.4) is 0 Å². The molecule has 1 unspecified atom stereocenters. The van der Waals surface area contributed by atoms with Crippen LogP contribution in [-0.2, 0) is 19.0 Å². The van der Waals surface area contributed by atoms with Gasteiger partial charge in [-0.25, -0.2) is 4.79 Å². The van der Waals surface area contributed by atoms with Crippen molar-refractivity contribution in [2.45, 2.75) is 39.1 Å². The Labute approximate surface area is 136 Å². The first kappa shape index (κ1) is 16.0. The third kappa shape index (κ3) is 3.57. The van der Waals surface area contributed by atoms with Crippen LogP contribution in [0.15, 0.2) is 24.3 Å². The molecular weight excluding hydrogens is 296 g/mol. The Kier molecular flexibility index (Phi) is 4.41. The maximum Gasteiger partial charge on any atom is 0.331 e. The number of rotatable bonds is 3. The van der Waals surface area contributed by atoms with Gasteiger partial charge in [-0.1, -0.05) is 6.07 Å². The van der Waals surface area contributed by atoms with Gasteiger partial charge in [0.15, 0.2) is 5.79 Å². The summed E-state index contributed by atoms with van der Waals surface area (Å²) < 4.78 is 22.2. The summed E-state index contributed by atoms with van der Waals surface area (Å²) in [5.74, 6) is -0.100. The predicted molar refractivity (Wildman–Crippen MR) is 85.0 cm³/mol. The van der Waals surface area contributed by atoms with Crippen molar-refractivity contribution in [3.8, 4) is 5.75 Å². The van der Waals surface area contributed by atoms with Crippen molar-refractivity contribution in [1.29, 1.82) is 0 Å². The maximum atomic E-state index is 11.8. The highest BCUT2D eigenvalue weighted by atomic mass is 16.7. The minimum absolute atomic E-state index is 0.110. The largest absolute Gasteiger partial charge is 0.493 e. The molecule has 0 bridgehead atoms. The SMILES string of the molecule is CCOC(=O)/C=C1\CCOc2ccc(C3COC(C)(C)O3)cc21. The van der Waals surface area contributed by atoms with Crippen molar-refractivity contribution in [3.05, 3.63) is 35.4 Å². The van der Waals surface area contributed by atoms with Gasteiger partial charge in [-0.3, -0.25) is 0 Å². The van der Waals surface area contributed by atoms with Crippen LogP contribution in [0.2, 0.25) is 0 Å². The Balaban J connectivity index is 1.89. The molecule has 0 amide bonds. The number of carbonyl (C=O) groups is 1. The molecule has 3 rings (SSSR count). The maximum absolute atomic E-state index is 11.8. The highest BCUT2D eigenvalue weighted by Gasteiger charge is 2.34. The lowest BCUT2D eigenvalue weighted by Crippen LogP contribution is -2.19. The zero-order valence-corrected chi connectivity index (χ0v) is 13.8. The van der Waals surface area contributed by atoms with Gasteiger partial charge in [0, 0.05) is 18.1 Å². The summed E-state index contributed by atoms with van der Waals surface area (Å²) in [7, 11) is 0. The second-order valence-corrected chi connectivity index (χ2v) is 6.09. The molecule has 1 aromatic carbocycles. The second-order valence-electron chi connectivity index (χ2n) is 6.09. The van der Waals surface area contributed by atoms with E-state index in [1.165, 1.54) is 0 Å². The van der Waals surface area contributed by atoms with Crippen molar-refractivity contribution < 1.29 is 23.7 Å². The fraction of sp³-hybridized carbons (Fsp3) is 0.500. The topological polar surface area (TPSA) is 54.0 Å². The van der Waals surface area contributed by atoms with Crippen LogP contribution in [0.1, 0.15) is 44.4 Å². The molecule has 2 aliphatic heterocycles. The van der Waals surface area contributed by atoms with Crippen molar-refractivity contribution in [2.24, 2.45) is 0 Å². The average Bonchev–Trinajstić information content (AvgIpc) is 2.87. The van der Waals surface area contributed by atoms with Crippen LogP contribution in [0.25, 0.3) is 5.57 Å². The third-order valence-corrected chi connectivity index (χ3v) is 3.94. The molecule has 124 valence electrons. The van der Waals surface area contributed by atoms with Crippen LogP contribution in [0, 0.1) is 0 Å². The Bertz CT molecular complexity index is 632. The van der Waals surface area contributed by atoms with E-state index in [1.807, 2.05) is 32.0 Å². The van der Waals surface area contributed by atoms with E-state index in [2.05, 4.69) is 0 Å². The van der Waals surface area contributed by atoms with E-state index in [0.717, 1.165) is 22.4 Å². The zero-order valence-electron chi connectivity index (χ0n) is 13.8. The number of carbonyl (C=O) groups excluding carboxylic acids is 1. The van der Waals surface area contributed by atoms with Crippen LogP contribution >= 0.6 is 0 Å². The Morgan fingerprint density at radius 3 is 2.96 bits per heavy atom.